The summed E-state index contributed by atoms with van der Waals surface area (Å²) >= 11 is 3.37. The van der Waals surface area contributed by atoms with Crippen LogP contribution in [0.2, 0.25) is 0 Å². The molecule has 0 spiro atoms. The zero-order valence-corrected chi connectivity index (χ0v) is 12.5. The lowest BCUT2D eigenvalue weighted by molar-refractivity contribution is 0.0958. The predicted molar refractivity (Wildman–Crippen MR) is 74.1 cm³/mol. The molecule has 1 saturated heterocycles. The fraction of sp³-hybridized carbons (Fsp3) is 0.500. The van der Waals surface area contributed by atoms with Gasteiger partial charge in [0.1, 0.15) is 0 Å². The number of aliphatic hydroxyl groups is 1. The SMILES string of the molecule is CN(Cc1ccc(Br)cc1)C1CS(=O)(=O)CC1O. The molecule has 1 aromatic carbocycles. The molecule has 0 bridgehead atoms. The number of benzene rings is 1. The Morgan fingerprint density at radius 2 is 1.94 bits per heavy atom. The van der Waals surface area contributed by atoms with Crippen molar-refractivity contribution < 1.29 is 13.5 Å². The van der Waals surface area contributed by atoms with E-state index in [2.05, 4.69) is 15.9 Å². The van der Waals surface area contributed by atoms with Gasteiger partial charge in [-0.05, 0) is 24.7 Å². The zero-order chi connectivity index (χ0) is 13.3. The lowest BCUT2D eigenvalue weighted by Crippen LogP contribution is -2.40. The van der Waals surface area contributed by atoms with Crippen molar-refractivity contribution in [1.29, 1.82) is 0 Å². The lowest BCUT2D eigenvalue weighted by Gasteiger charge is -2.25. The highest BCUT2D eigenvalue weighted by atomic mass is 79.9. The van der Waals surface area contributed by atoms with Gasteiger partial charge >= 0.3 is 0 Å². The Morgan fingerprint density at radius 3 is 2.44 bits per heavy atom. The molecule has 100 valence electrons. The van der Waals surface area contributed by atoms with Gasteiger partial charge in [-0.3, -0.25) is 4.90 Å². The number of sulfone groups is 1. The molecule has 0 aliphatic carbocycles. The Balaban J connectivity index is 2.04. The third-order valence-electron chi connectivity index (χ3n) is 3.20. The Morgan fingerprint density at radius 1 is 1.33 bits per heavy atom. The third kappa shape index (κ3) is 3.32. The van der Waals surface area contributed by atoms with E-state index >= 15 is 0 Å². The molecule has 0 amide bonds. The van der Waals surface area contributed by atoms with E-state index in [1.807, 2.05) is 36.2 Å². The monoisotopic (exact) mass is 333 g/mol. The fourth-order valence-corrected chi connectivity index (χ4v) is 4.37. The summed E-state index contributed by atoms with van der Waals surface area (Å²) in [6, 6.07) is 7.56. The topological polar surface area (TPSA) is 57.6 Å². The number of hydrogen-bond donors (Lipinski definition) is 1. The van der Waals surface area contributed by atoms with Crippen LogP contribution >= 0.6 is 15.9 Å². The van der Waals surface area contributed by atoms with E-state index in [1.165, 1.54) is 0 Å². The van der Waals surface area contributed by atoms with Crippen LogP contribution in [0.3, 0.4) is 0 Å². The molecule has 2 atom stereocenters. The van der Waals surface area contributed by atoms with Crippen molar-refractivity contribution in [3.05, 3.63) is 34.3 Å². The van der Waals surface area contributed by atoms with Gasteiger partial charge in [0, 0.05) is 11.0 Å². The minimum Gasteiger partial charge on any atom is -0.390 e. The first kappa shape index (κ1) is 14.0. The summed E-state index contributed by atoms with van der Waals surface area (Å²) < 4.78 is 23.9. The van der Waals surface area contributed by atoms with E-state index < -0.39 is 15.9 Å². The molecule has 1 aromatic rings. The van der Waals surface area contributed by atoms with E-state index in [-0.39, 0.29) is 17.5 Å². The Kier molecular flexibility index (Phi) is 4.11. The number of aliphatic hydroxyl groups excluding tert-OH is 1. The fourth-order valence-electron chi connectivity index (χ4n) is 2.23. The summed E-state index contributed by atoms with van der Waals surface area (Å²) in [5, 5.41) is 9.79. The summed E-state index contributed by atoms with van der Waals surface area (Å²) in [5.41, 5.74) is 1.09. The number of hydrogen-bond acceptors (Lipinski definition) is 4. The highest BCUT2D eigenvalue weighted by Gasteiger charge is 2.38. The molecule has 1 aliphatic rings. The summed E-state index contributed by atoms with van der Waals surface area (Å²) in [7, 11) is -1.24. The van der Waals surface area contributed by atoms with Gasteiger partial charge in [0.05, 0.1) is 23.7 Å². The summed E-state index contributed by atoms with van der Waals surface area (Å²) in [5.74, 6) is -0.0798. The maximum atomic E-state index is 11.5. The molecule has 1 fully saturated rings. The van der Waals surface area contributed by atoms with E-state index in [0.29, 0.717) is 6.54 Å². The van der Waals surface area contributed by atoms with Crippen LogP contribution in [0.5, 0.6) is 0 Å². The van der Waals surface area contributed by atoms with Crippen molar-refractivity contribution in [2.75, 3.05) is 18.6 Å². The maximum Gasteiger partial charge on any atom is 0.154 e. The van der Waals surface area contributed by atoms with Crippen LogP contribution in [0.25, 0.3) is 0 Å². The highest BCUT2D eigenvalue weighted by Crippen LogP contribution is 2.20. The number of rotatable bonds is 3. The van der Waals surface area contributed by atoms with E-state index in [0.717, 1.165) is 10.0 Å². The van der Waals surface area contributed by atoms with Gasteiger partial charge in [0.2, 0.25) is 0 Å². The van der Waals surface area contributed by atoms with Crippen LogP contribution in [-0.4, -0.2) is 49.1 Å². The second-order valence-corrected chi connectivity index (χ2v) is 7.82. The quantitative estimate of drug-likeness (QED) is 0.897. The van der Waals surface area contributed by atoms with Crippen molar-refractivity contribution in [2.45, 2.75) is 18.7 Å². The number of likely N-dealkylation sites (N-methyl/N-ethyl adjacent to an activating group) is 1. The van der Waals surface area contributed by atoms with E-state index in [9.17, 15) is 13.5 Å². The Hall–Kier alpha value is -0.430. The smallest absolute Gasteiger partial charge is 0.154 e. The second kappa shape index (κ2) is 5.28. The first-order valence-corrected chi connectivity index (χ1v) is 8.32. The van der Waals surface area contributed by atoms with Crippen LogP contribution in [-0.2, 0) is 16.4 Å². The minimum atomic E-state index is -3.09. The van der Waals surface area contributed by atoms with Crippen molar-refractivity contribution >= 4 is 25.8 Å². The van der Waals surface area contributed by atoms with Crippen LogP contribution in [0.1, 0.15) is 5.56 Å². The molecule has 1 N–H and O–H groups in total. The van der Waals surface area contributed by atoms with E-state index in [1.54, 1.807) is 0 Å². The molecule has 6 heteroatoms. The standard InChI is InChI=1S/C12H16BrNO3S/c1-14(6-9-2-4-10(13)5-3-9)11-7-18(16,17)8-12(11)15/h2-5,11-12,15H,6-8H2,1H3. The molecule has 0 saturated carbocycles. The average Bonchev–Trinajstić information content (AvgIpc) is 2.55. The lowest BCUT2D eigenvalue weighted by atomic mass is 10.1. The van der Waals surface area contributed by atoms with Gasteiger partial charge < -0.3 is 5.11 Å². The predicted octanol–water partition coefficient (Wildman–Crippen LogP) is 1.04. The Labute approximate surface area is 116 Å². The summed E-state index contributed by atoms with van der Waals surface area (Å²) in [4.78, 5) is 1.90. The van der Waals surface area contributed by atoms with Crippen molar-refractivity contribution in [1.82, 2.24) is 4.90 Å². The van der Waals surface area contributed by atoms with Gasteiger partial charge in [-0.1, -0.05) is 28.1 Å². The molecule has 18 heavy (non-hydrogen) atoms. The first-order valence-electron chi connectivity index (χ1n) is 5.70. The average molecular weight is 334 g/mol. The Bertz CT molecular complexity index is 515. The van der Waals surface area contributed by atoms with Crippen LogP contribution < -0.4 is 0 Å². The van der Waals surface area contributed by atoms with Crippen LogP contribution in [0, 0.1) is 0 Å². The summed E-state index contributed by atoms with van der Waals surface area (Å²) in [6.07, 6.45) is -0.782. The molecule has 0 aromatic heterocycles. The van der Waals surface area contributed by atoms with Crippen LogP contribution in [0.4, 0.5) is 0 Å². The van der Waals surface area contributed by atoms with Crippen molar-refractivity contribution in [2.24, 2.45) is 0 Å². The number of nitrogens with zero attached hydrogens (tertiary/aromatic N) is 1. The highest BCUT2D eigenvalue weighted by molar-refractivity contribution is 9.10. The minimum absolute atomic E-state index is 0.0429. The second-order valence-electron chi connectivity index (χ2n) is 4.75. The third-order valence-corrected chi connectivity index (χ3v) is 5.43. The molecule has 1 aliphatic heterocycles. The van der Waals surface area contributed by atoms with Gasteiger partial charge in [-0.2, -0.15) is 0 Å². The molecular weight excluding hydrogens is 318 g/mol. The van der Waals surface area contributed by atoms with Gasteiger partial charge in [0.15, 0.2) is 9.84 Å². The molecular formula is C12H16BrNO3S. The zero-order valence-electron chi connectivity index (χ0n) is 10.1. The molecule has 2 rings (SSSR count). The molecule has 0 radical (unpaired) electrons. The maximum absolute atomic E-state index is 11.5. The van der Waals surface area contributed by atoms with Crippen molar-refractivity contribution in [3.8, 4) is 0 Å². The first-order chi connectivity index (χ1) is 8.37. The number of halogens is 1. The molecule has 1 heterocycles. The normalized spacial score (nSPS) is 26.7. The molecule has 2 unspecified atom stereocenters. The van der Waals surface area contributed by atoms with Gasteiger partial charge in [-0.15, -0.1) is 0 Å². The largest absolute Gasteiger partial charge is 0.390 e. The van der Waals surface area contributed by atoms with E-state index in [4.69, 9.17) is 0 Å². The van der Waals surface area contributed by atoms with Crippen LogP contribution in [0.15, 0.2) is 28.7 Å². The van der Waals surface area contributed by atoms with Gasteiger partial charge in [0.25, 0.3) is 0 Å². The van der Waals surface area contributed by atoms with Gasteiger partial charge in [-0.25, -0.2) is 8.42 Å². The van der Waals surface area contributed by atoms with Crippen molar-refractivity contribution in [3.63, 3.8) is 0 Å². The molecule has 4 nitrogen and oxygen atoms in total. The summed E-state index contributed by atoms with van der Waals surface area (Å²) in [6.45, 7) is 0.629.